The van der Waals surface area contributed by atoms with Crippen molar-refractivity contribution in [2.45, 2.75) is 32.7 Å². The second kappa shape index (κ2) is 5.72. The van der Waals surface area contributed by atoms with Crippen molar-refractivity contribution in [3.05, 3.63) is 28.8 Å². The summed E-state index contributed by atoms with van der Waals surface area (Å²) in [6.07, 6.45) is 2.40. The molecule has 2 unspecified atom stereocenters. The highest BCUT2D eigenvalue weighted by Crippen LogP contribution is 2.32. The molecule has 0 radical (unpaired) electrons. The zero-order valence-electron chi connectivity index (χ0n) is 11.6. The lowest BCUT2D eigenvalue weighted by Gasteiger charge is -2.31. The van der Waals surface area contributed by atoms with Crippen molar-refractivity contribution < 1.29 is 4.74 Å². The van der Waals surface area contributed by atoms with Crippen LogP contribution in [0, 0.1) is 19.8 Å². The maximum atomic E-state index is 5.73. The quantitative estimate of drug-likeness (QED) is 0.863. The first-order valence-corrected chi connectivity index (χ1v) is 6.74. The number of benzene rings is 1. The lowest BCUT2D eigenvalue weighted by Crippen LogP contribution is -2.37. The predicted molar refractivity (Wildman–Crippen MR) is 75.0 cm³/mol. The third-order valence-electron chi connectivity index (χ3n) is 4.00. The van der Waals surface area contributed by atoms with E-state index in [-0.39, 0.29) is 0 Å². The molecule has 2 rings (SSSR count). The van der Waals surface area contributed by atoms with Crippen LogP contribution in [0.25, 0.3) is 0 Å². The van der Waals surface area contributed by atoms with E-state index in [0.717, 1.165) is 18.8 Å². The maximum Gasteiger partial charge on any atom is 0.119 e. The van der Waals surface area contributed by atoms with E-state index < -0.39 is 0 Å². The van der Waals surface area contributed by atoms with Gasteiger partial charge < -0.3 is 15.8 Å². The van der Waals surface area contributed by atoms with Crippen molar-refractivity contribution in [1.82, 2.24) is 5.32 Å². The number of methoxy groups -OCH3 is 1. The summed E-state index contributed by atoms with van der Waals surface area (Å²) in [6.45, 7) is 6.16. The third kappa shape index (κ3) is 2.68. The average Bonchev–Trinajstić information content (AvgIpc) is 2.38. The molecule has 18 heavy (non-hydrogen) atoms. The third-order valence-corrected chi connectivity index (χ3v) is 4.00. The van der Waals surface area contributed by atoms with E-state index in [9.17, 15) is 0 Å². The van der Waals surface area contributed by atoms with Gasteiger partial charge in [0.25, 0.3) is 0 Å². The topological polar surface area (TPSA) is 47.3 Å². The van der Waals surface area contributed by atoms with E-state index in [1.54, 1.807) is 7.11 Å². The molecule has 1 aromatic rings. The van der Waals surface area contributed by atoms with Crippen molar-refractivity contribution in [2.24, 2.45) is 11.7 Å². The molecule has 0 aromatic heterocycles. The number of aryl methyl sites for hydroxylation is 2. The van der Waals surface area contributed by atoms with Gasteiger partial charge in [0.2, 0.25) is 0 Å². The second-order valence-electron chi connectivity index (χ2n) is 5.31. The largest absolute Gasteiger partial charge is 0.497 e. The summed E-state index contributed by atoms with van der Waals surface area (Å²) in [5.41, 5.74) is 9.80. The standard InChI is InChI=1S/C15H24N2O/c1-10-6-13(18-3)7-11(2)15(10)14-5-4-12(8-16)9-17-14/h6-7,12,14,17H,4-5,8-9,16H2,1-3H3. The van der Waals surface area contributed by atoms with Gasteiger partial charge in [0, 0.05) is 6.04 Å². The van der Waals surface area contributed by atoms with Gasteiger partial charge in [0.15, 0.2) is 0 Å². The number of hydrogen-bond donors (Lipinski definition) is 2. The number of hydrogen-bond acceptors (Lipinski definition) is 3. The van der Waals surface area contributed by atoms with E-state index in [1.807, 2.05) is 0 Å². The molecule has 1 heterocycles. The molecule has 0 saturated carbocycles. The van der Waals surface area contributed by atoms with Crippen molar-refractivity contribution in [2.75, 3.05) is 20.2 Å². The number of rotatable bonds is 3. The molecule has 0 spiro atoms. The Morgan fingerprint density at radius 2 is 1.94 bits per heavy atom. The van der Waals surface area contributed by atoms with Gasteiger partial charge in [-0.15, -0.1) is 0 Å². The van der Waals surface area contributed by atoms with E-state index in [2.05, 4.69) is 31.3 Å². The normalized spacial score (nSPS) is 24.0. The summed E-state index contributed by atoms with van der Waals surface area (Å²) >= 11 is 0. The Morgan fingerprint density at radius 1 is 1.28 bits per heavy atom. The predicted octanol–water partition coefficient (Wildman–Crippen LogP) is 2.31. The van der Waals surface area contributed by atoms with Crippen LogP contribution in [0.15, 0.2) is 12.1 Å². The van der Waals surface area contributed by atoms with Crippen LogP contribution in [0.3, 0.4) is 0 Å². The van der Waals surface area contributed by atoms with E-state index in [4.69, 9.17) is 10.5 Å². The summed E-state index contributed by atoms with van der Waals surface area (Å²) < 4.78 is 5.32. The second-order valence-corrected chi connectivity index (χ2v) is 5.31. The molecule has 0 aliphatic carbocycles. The van der Waals surface area contributed by atoms with E-state index in [0.29, 0.717) is 12.0 Å². The summed E-state index contributed by atoms with van der Waals surface area (Å²) in [5, 5.41) is 3.63. The molecule has 1 fully saturated rings. The molecule has 1 aliphatic heterocycles. The zero-order valence-corrected chi connectivity index (χ0v) is 11.6. The SMILES string of the molecule is COc1cc(C)c(C2CCC(CN)CN2)c(C)c1. The Kier molecular flexibility index (Phi) is 4.25. The Hall–Kier alpha value is -1.06. The lowest BCUT2D eigenvalue weighted by molar-refractivity contribution is 0.318. The average molecular weight is 248 g/mol. The van der Waals surface area contributed by atoms with Crippen LogP contribution in [0.5, 0.6) is 5.75 Å². The Bertz CT molecular complexity index is 386. The molecule has 1 aliphatic rings. The number of ether oxygens (including phenoxy) is 1. The molecule has 3 N–H and O–H groups in total. The van der Waals surface area contributed by atoms with Crippen molar-refractivity contribution >= 4 is 0 Å². The Morgan fingerprint density at radius 3 is 2.39 bits per heavy atom. The first kappa shape index (κ1) is 13.4. The Labute approximate surface area is 110 Å². The minimum Gasteiger partial charge on any atom is -0.497 e. The van der Waals surface area contributed by atoms with E-state index >= 15 is 0 Å². The highest BCUT2D eigenvalue weighted by atomic mass is 16.5. The fourth-order valence-corrected chi connectivity index (χ4v) is 2.97. The molecule has 2 atom stereocenters. The first-order valence-electron chi connectivity index (χ1n) is 6.74. The minimum absolute atomic E-state index is 0.471. The van der Waals surface area contributed by atoms with Gasteiger partial charge in [-0.3, -0.25) is 0 Å². The van der Waals surface area contributed by atoms with Crippen LogP contribution in [0.4, 0.5) is 0 Å². The van der Waals surface area contributed by atoms with Gasteiger partial charge in [-0.25, -0.2) is 0 Å². The van der Waals surface area contributed by atoms with Gasteiger partial charge in [-0.2, -0.15) is 0 Å². The number of nitrogens with two attached hydrogens (primary N) is 1. The van der Waals surface area contributed by atoms with E-state index in [1.165, 1.54) is 29.5 Å². The monoisotopic (exact) mass is 248 g/mol. The summed E-state index contributed by atoms with van der Waals surface area (Å²) in [7, 11) is 1.72. The van der Waals surface area contributed by atoms with Crippen molar-refractivity contribution in [3.63, 3.8) is 0 Å². The van der Waals surface area contributed by atoms with Gasteiger partial charge in [-0.1, -0.05) is 0 Å². The molecule has 3 heteroatoms. The van der Waals surface area contributed by atoms with Crippen LogP contribution >= 0.6 is 0 Å². The highest BCUT2D eigenvalue weighted by molar-refractivity contribution is 5.43. The molecule has 100 valence electrons. The molecular weight excluding hydrogens is 224 g/mol. The van der Waals surface area contributed by atoms with Crippen LogP contribution in [-0.2, 0) is 0 Å². The molecular formula is C15H24N2O. The minimum atomic E-state index is 0.471. The zero-order chi connectivity index (χ0) is 13.1. The summed E-state index contributed by atoms with van der Waals surface area (Å²) in [6, 6.07) is 4.72. The van der Waals surface area contributed by atoms with Gasteiger partial charge >= 0.3 is 0 Å². The molecule has 1 saturated heterocycles. The van der Waals surface area contributed by atoms with Crippen LogP contribution in [-0.4, -0.2) is 20.2 Å². The van der Waals surface area contributed by atoms with Crippen LogP contribution in [0.2, 0.25) is 0 Å². The van der Waals surface area contributed by atoms with Crippen LogP contribution < -0.4 is 15.8 Å². The van der Waals surface area contributed by atoms with Gasteiger partial charge in [0.1, 0.15) is 5.75 Å². The van der Waals surface area contributed by atoms with Crippen molar-refractivity contribution in [1.29, 1.82) is 0 Å². The van der Waals surface area contributed by atoms with Crippen molar-refractivity contribution in [3.8, 4) is 5.75 Å². The first-order chi connectivity index (χ1) is 8.65. The summed E-state index contributed by atoms with van der Waals surface area (Å²) in [5.74, 6) is 1.59. The molecule has 1 aromatic carbocycles. The maximum absolute atomic E-state index is 5.73. The smallest absolute Gasteiger partial charge is 0.119 e. The summed E-state index contributed by atoms with van der Waals surface area (Å²) in [4.78, 5) is 0. The molecule has 0 amide bonds. The molecule has 0 bridgehead atoms. The fraction of sp³-hybridized carbons (Fsp3) is 0.600. The number of piperidine rings is 1. The van der Waals surface area contributed by atoms with Gasteiger partial charge in [-0.05, 0) is 74.5 Å². The van der Waals surface area contributed by atoms with Crippen LogP contribution in [0.1, 0.15) is 35.6 Å². The number of nitrogens with one attached hydrogen (secondary N) is 1. The van der Waals surface area contributed by atoms with Gasteiger partial charge in [0.05, 0.1) is 7.11 Å². The lowest BCUT2D eigenvalue weighted by atomic mass is 9.87. The highest BCUT2D eigenvalue weighted by Gasteiger charge is 2.23. The molecule has 3 nitrogen and oxygen atoms in total. The Balaban J connectivity index is 2.19. The fourth-order valence-electron chi connectivity index (χ4n) is 2.97.